The van der Waals surface area contributed by atoms with Gasteiger partial charge in [-0.2, -0.15) is 0 Å². The number of rotatable bonds is 7. The molecule has 1 saturated heterocycles. The molecule has 1 unspecified atom stereocenters. The second-order valence-electron chi connectivity index (χ2n) is 6.11. The van der Waals surface area contributed by atoms with Crippen LogP contribution < -0.4 is 11.1 Å². The summed E-state index contributed by atoms with van der Waals surface area (Å²) in [6.07, 6.45) is 3.40. The summed E-state index contributed by atoms with van der Waals surface area (Å²) in [7, 11) is -2.86. The Balaban J connectivity index is 2.30. The van der Waals surface area contributed by atoms with Crippen molar-refractivity contribution in [1.29, 1.82) is 0 Å². The SMILES string of the molecule is CC(C)C(CCN)CCC(=O)NC1CCS(=O)(=O)CC1. The normalized spacial score (nSPS) is 20.8. The van der Waals surface area contributed by atoms with E-state index in [1.165, 1.54) is 0 Å². The monoisotopic (exact) mass is 304 g/mol. The molecule has 118 valence electrons. The van der Waals surface area contributed by atoms with Gasteiger partial charge in [-0.3, -0.25) is 4.79 Å². The number of hydrogen-bond acceptors (Lipinski definition) is 4. The third-order valence-electron chi connectivity index (χ3n) is 4.14. The third kappa shape index (κ3) is 6.22. The summed E-state index contributed by atoms with van der Waals surface area (Å²) in [5.41, 5.74) is 5.59. The molecule has 0 aromatic rings. The van der Waals surface area contributed by atoms with E-state index in [1.54, 1.807) is 0 Å². The molecule has 0 spiro atoms. The molecule has 1 heterocycles. The molecule has 1 aliphatic rings. The summed E-state index contributed by atoms with van der Waals surface area (Å²) < 4.78 is 22.6. The maximum atomic E-state index is 11.9. The lowest BCUT2D eigenvalue weighted by Crippen LogP contribution is -2.41. The first-order valence-electron chi connectivity index (χ1n) is 7.54. The number of hydrogen-bond donors (Lipinski definition) is 2. The van der Waals surface area contributed by atoms with Gasteiger partial charge in [0.05, 0.1) is 11.5 Å². The summed E-state index contributed by atoms with van der Waals surface area (Å²) in [4.78, 5) is 11.9. The second-order valence-corrected chi connectivity index (χ2v) is 8.42. The van der Waals surface area contributed by atoms with Gasteiger partial charge in [-0.25, -0.2) is 8.42 Å². The molecule has 1 fully saturated rings. The predicted octanol–water partition coefficient (Wildman–Crippen LogP) is 1.08. The minimum absolute atomic E-state index is 0.0260. The van der Waals surface area contributed by atoms with Gasteiger partial charge in [0.25, 0.3) is 0 Å². The van der Waals surface area contributed by atoms with Crippen LogP contribution in [0.5, 0.6) is 0 Å². The van der Waals surface area contributed by atoms with E-state index >= 15 is 0 Å². The minimum atomic E-state index is -2.86. The van der Waals surface area contributed by atoms with E-state index in [2.05, 4.69) is 19.2 Å². The van der Waals surface area contributed by atoms with E-state index in [9.17, 15) is 13.2 Å². The van der Waals surface area contributed by atoms with E-state index in [0.29, 0.717) is 37.6 Å². The van der Waals surface area contributed by atoms with E-state index in [-0.39, 0.29) is 23.5 Å². The Kier molecular flexibility index (Phi) is 6.95. The summed E-state index contributed by atoms with van der Waals surface area (Å²) >= 11 is 0. The fraction of sp³-hybridized carbons (Fsp3) is 0.929. The van der Waals surface area contributed by atoms with Crippen molar-refractivity contribution in [2.75, 3.05) is 18.1 Å². The van der Waals surface area contributed by atoms with Crippen molar-refractivity contribution in [3.05, 3.63) is 0 Å². The molecule has 0 bridgehead atoms. The lowest BCUT2D eigenvalue weighted by atomic mass is 9.88. The number of carbonyl (C=O) groups excluding carboxylic acids is 1. The molecule has 6 heteroatoms. The number of carbonyl (C=O) groups is 1. The summed E-state index contributed by atoms with van der Waals surface area (Å²) in [5.74, 6) is 1.44. The molecular formula is C14H28N2O3S. The van der Waals surface area contributed by atoms with Crippen molar-refractivity contribution in [2.45, 2.75) is 52.0 Å². The molecule has 0 radical (unpaired) electrons. The van der Waals surface area contributed by atoms with E-state index in [0.717, 1.165) is 12.8 Å². The van der Waals surface area contributed by atoms with Crippen molar-refractivity contribution in [3.63, 3.8) is 0 Å². The van der Waals surface area contributed by atoms with Gasteiger partial charge in [0.1, 0.15) is 9.84 Å². The van der Waals surface area contributed by atoms with Gasteiger partial charge in [0.2, 0.25) is 5.91 Å². The van der Waals surface area contributed by atoms with Crippen LogP contribution in [0.1, 0.15) is 46.0 Å². The smallest absolute Gasteiger partial charge is 0.220 e. The zero-order chi connectivity index (χ0) is 15.2. The van der Waals surface area contributed by atoms with Crippen LogP contribution in [0.25, 0.3) is 0 Å². The molecule has 3 N–H and O–H groups in total. The summed E-state index contributed by atoms with van der Waals surface area (Å²) in [5, 5.41) is 2.96. The van der Waals surface area contributed by atoms with E-state index < -0.39 is 9.84 Å². The van der Waals surface area contributed by atoms with Gasteiger partial charge in [-0.05, 0) is 44.1 Å². The zero-order valence-corrected chi connectivity index (χ0v) is 13.4. The van der Waals surface area contributed by atoms with Gasteiger partial charge in [-0.15, -0.1) is 0 Å². The van der Waals surface area contributed by atoms with Crippen LogP contribution in [0.15, 0.2) is 0 Å². The van der Waals surface area contributed by atoms with Crippen molar-refractivity contribution in [2.24, 2.45) is 17.6 Å². The van der Waals surface area contributed by atoms with Crippen LogP contribution in [-0.2, 0) is 14.6 Å². The Morgan fingerprint density at radius 2 is 1.85 bits per heavy atom. The Labute approximate surface area is 122 Å². The van der Waals surface area contributed by atoms with Crippen molar-refractivity contribution in [3.8, 4) is 0 Å². The highest BCUT2D eigenvalue weighted by Crippen LogP contribution is 2.20. The van der Waals surface area contributed by atoms with Crippen LogP contribution >= 0.6 is 0 Å². The highest BCUT2D eigenvalue weighted by atomic mass is 32.2. The average Bonchev–Trinajstić information content (AvgIpc) is 2.36. The fourth-order valence-corrected chi connectivity index (χ4v) is 4.17. The molecule has 1 amide bonds. The average molecular weight is 304 g/mol. The molecule has 1 aliphatic heterocycles. The van der Waals surface area contributed by atoms with Gasteiger partial charge in [0, 0.05) is 12.5 Å². The quantitative estimate of drug-likeness (QED) is 0.736. The second kappa shape index (κ2) is 7.98. The van der Waals surface area contributed by atoms with Gasteiger partial charge in [0.15, 0.2) is 0 Å². The Bertz CT molecular complexity index is 393. The van der Waals surface area contributed by atoms with Crippen LogP contribution in [0.3, 0.4) is 0 Å². The molecule has 0 saturated carbocycles. The molecule has 20 heavy (non-hydrogen) atoms. The highest BCUT2D eigenvalue weighted by Gasteiger charge is 2.24. The van der Waals surface area contributed by atoms with Crippen molar-refractivity contribution < 1.29 is 13.2 Å². The third-order valence-corrected chi connectivity index (χ3v) is 5.86. The van der Waals surface area contributed by atoms with Crippen LogP contribution in [0.4, 0.5) is 0 Å². The maximum absolute atomic E-state index is 11.9. The molecule has 1 atom stereocenters. The van der Waals surface area contributed by atoms with Crippen LogP contribution in [0.2, 0.25) is 0 Å². The maximum Gasteiger partial charge on any atom is 0.220 e. The van der Waals surface area contributed by atoms with Gasteiger partial charge < -0.3 is 11.1 Å². The van der Waals surface area contributed by atoms with Crippen LogP contribution in [-0.4, -0.2) is 38.4 Å². The lowest BCUT2D eigenvalue weighted by Gasteiger charge is -2.24. The fourth-order valence-electron chi connectivity index (χ4n) is 2.68. The van der Waals surface area contributed by atoms with Crippen molar-refractivity contribution in [1.82, 2.24) is 5.32 Å². The van der Waals surface area contributed by atoms with Crippen molar-refractivity contribution >= 4 is 15.7 Å². The highest BCUT2D eigenvalue weighted by molar-refractivity contribution is 7.91. The van der Waals surface area contributed by atoms with E-state index in [1.807, 2.05) is 0 Å². The summed E-state index contributed by atoms with van der Waals surface area (Å²) in [6.45, 7) is 4.97. The first-order valence-corrected chi connectivity index (χ1v) is 9.36. The molecule has 5 nitrogen and oxygen atoms in total. The molecule has 1 rings (SSSR count). The Morgan fingerprint density at radius 3 is 2.35 bits per heavy atom. The summed E-state index contributed by atoms with van der Waals surface area (Å²) in [6, 6.07) is 0.0260. The van der Waals surface area contributed by atoms with E-state index in [4.69, 9.17) is 5.73 Å². The first-order chi connectivity index (χ1) is 9.34. The number of amides is 1. The van der Waals surface area contributed by atoms with Crippen LogP contribution in [0, 0.1) is 11.8 Å². The Morgan fingerprint density at radius 1 is 1.25 bits per heavy atom. The molecule has 0 aromatic carbocycles. The predicted molar refractivity (Wildman–Crippen MR) is 81.1 cm³/mol. The topological polar surface area (TPSA) is 89.3 Å². The van der Waals surface area contributed by atoms with Gasteiger partial charge in [-0.1, -0.05) is 13.8 Å². The molecule has 0 aliphatic carbocycles. The first kappa shape index (κ1) is 17.4. The number of nitrogens with two attached hydrogens (primary N) is 1. The zero-order valence-electron chi connectivity index (χ0n) is 12.6. The Hall–Kier alpha value is -0.620. The number of nitrogens with one attached hydrogen (secondary N) is 1. The minimum Gasteiger partial charge on any atom is -0.353 e. The molecule has 0 aromatic heterocycles. The molecular weight excluding hydrogens is 276 g/mol. The number of sulfone groups is 1. The largest absolute Gasteiger partial charge is 0.353 e. The van der Waals surface area contributed by atoms with Gasteiger partial charge >= 0.3 is 0 Å². The standard InChI is InChI=1S/C14H28N2O3S/c1-11(2)12(5-8-15)3-4-14(17)16-13-6-9-20(18,19)10-7-13/h11-13H,3-10,15H2,1-2H3,(H,16,17). The lowest BCUT2D eigenvalue weighted by molar-refractivity contribution is -0.122.